The standard InChI is InChI=1S/C15H24O3/c1-13(2)5-9-4-10(8-16)15(18)7-12(17)14(15,3)11(9)6-13/h4,9,11-12,16-18H,5-8H2,1-3H3/t9-,11+,12?,14+,15-/m1/s1. The largest absolute Gasteiger partial charge is 0.392 e. The summed E-state index contributed by atoms with van der Waals surface area (Å²) < 4.78 is 0. The van der Waals surface area contributed by atoms with Gasteiger partial charge in [0.2, 0.25) is 0 Å². The summed E-state index contributed by atoms with van der Waals surface area (Å²) in [5.41, 5.74) is -0.467. The van der Waals surface area contributed by atoms with Crippen molar-refractivity contribution in [3.63, 3.8) is 0 Å². The predicted octanol–water partition coefficient (Wildman–Crippen LogP) is 1.47. The highest BCUT2D eigenvalue weighted by molar-refractivity contribution is 5.37. The second kappa shape index (κ2) is 3.38. The summed E-state index contributed by atoms with van der Waals surface area (Å²) >= 11 is 0. The van der Waals surface area contributed by atoms with Gasteiger partial charge in [-0.2, -0.15) is 0 Å². The van der Waals surface area contributed by atoms with Crippen LogP contribution in [0.25, 0.3) is 0 Å². The Hall–Kier alpha value is -0.380. The maximum atomic E-state index is 10.8. The third-order valence-corrected chi connectivity index (χ3v) is 6.04. The molecule has 1 unspecified atom stereocenters. The molecule has 0 heterocycles. The van der Waals surface area contributed by atoms with Gasteiger partial charge in [-0.3, -0.25) is 0 Å². The molecule has 3 rings (SSSR count). The lowest BCUT2D eigenvalue weighted by Crippen LogP contribution is -2.71. The molecule has 0 saturated heterocycles. The van der Waals surface area contributed by atoms with Gasteiger partial charge >= 0.3 is 0 Å². The van der Waals surface area contributed by atoms with Gasteiger partial charge in [-0.1, -0.05) is 26.8 Å². The maximum Gasteiger partial charge on any atom is 0.0984 e. The number of allylic oxidation sites excluding steroid dienone is 1. The van der Waals surface area contributed by atoms with E-state index in [1.165, 1.54) is 0 Å². The smallest absolute Gasteiger partial charge is 0.0984 e. The van der Waals surface area contributed by atoms with Crippen molar-refractivity contribution in [2.24, 2.45) is 22.7 Å². The Balaban J connectivity index is 2.07. The first-order valence-corrected chi connectivity index (χ1v) is 6.97. The molecule has 3 aliphatic rings. The molecule has 3 heteroatoms. The van der Waals surface area contributed by atoms with Gasteiger partial charge < -0.3 is 15.3 Å². The molecule has 5 atom stereocenters. The molecule has 0 aromatic rings. The van der Waals surface area contributed by atoms with E-state index in [1.54, 1.807) is 0 Å². The van der Waals surface area contributed by atoms with Crippen molar-refractivity contribution in [2.45, 2.75) is 51.7 Å². The van der Waals surface area contributed by atoms with Crippen LogP contribution in [-0.2, 0) is 0 Å². The predicted molar refractivity (Wildman–Crippen MR) is 68.8 cm³/mol. The minimum Gasteiger partial charge on any atom is -0.392 e. The van der Waals surface area contributed by atoms with E-state index in [9.17, 15) is 15.3 Å². The quantitative estimate of drug-likeness (QED) is 0.619. The Kier molecular flexibility index (Phi) is 2.38. The van der Waals surface area contributed by atoms with E-state index in [0.29, 0.717) is 18.3 Å². The van der Waals surface area contributed by atoms with Gasteiger partial charge in [-0.15, -0.1) is 0 Å². The Morgan fingerprint density at radius 1 is 1.22 bits per heavy atom. The Morgan fingerprint density at radius 2 is 1.89 bits per heavy atom. The third kappa shape index (κ3) is 1.25. The van der Waals surface area contributed by atoms with E-state index in [1.807, 2.05) is 6.92 Å². The number of fused-ring (bicyclic) bond motifs is 3. The molecular weight excluding hydrogens is 228 g/mol. The van der Waals surface area contributed by atoms with Gasteiger partial charge in [0.05, 0.1) is 18.3 Å². The van der Waals surface area contributed by atoms with Crippen LogP contribution in [0.2, 0.25) is 0 Å². The van der Waals surface area contributed by atoms with Crippen LogP contribution in [0.5, 0.6) is 0 Å². The van der Waals surface area contributed by atoms with Crippen molar-refractivity contribution in [2.75, 3.05) is 6.61 Å². The molecule has 3 N–H and O–H groups in total. The molecule has 0 radical (unpaired) electrons. The van der Waals surface area contributed by atoms with Crippen LogP contribution in [0.4, 0.5) is 0 Å². The molecule has 0 bridgehead atoms. The second-order valence-corrected chi connectivity index (χ2v) is 7.56. The lowest BCUT2D eigenvalue weighted by molar-refractivity contribution is -0.249. The van der Waals surface area contributed by atoms with Crippen LogP contribution >= 0.6 is 0 Å². The topological polar surface area (TPSA) is 60.7 Å². The van der Waals surface area contributed by atoms with Gasteiger partial charge in [-0.05, 0) is 35.7 Å². The van der Waals surface area contributed by atoms with Gasteiger partial charge in [0.25, 0.3) is 0 Å². The van der Waals surface area contributed by atoms with E-state index in [2.05, 4.69) is 19.9 Å². The monoisotopic (exact) mass is 252 g/mol. The number of hydrogen-bond donors (Lipinski definition) is 3. The first-order chi connectivity index (χ1) is 8.24. The fourth-order valence-electron chi connectivity index (χ4n) is 4.91. The van der Waals surface area contributed by atoms with E-state index in [4.69, 9.17) is 0 Å². The zero-order valence-corrected chi connectivity index (χ0v) is 11.5. The van der Waals surface area contributed by atoms with E-state index in [-0.39, 0.29) is 12.0 Å². The molecule has 0 aromatic heterocycles. The lowest BCUT2D eigenvalue weighted by Gasteiger charge is -2.64. The van der Waals surface area contributed by atoms with Crippen LogP contribution < -0.4 is 0 Å². The molecule has 0 amide bonds. The zero-order valence-electron chi connectivity index (χ0n) is 11.5. The molecule has 0 aromatic carbocycles. The Morgan fingerprint density at radius 3 is 2.44 bits per heavy atom. The van der Waals surface area contributed by atoms with E-state index >= 15 is 0 Å². The average molecular weight is 252 g/mol. The minimum atomic E-state index is -0.983. The van der Waals surface area contributed by atoms with Crippen molar-refractivity contribution in [1.29, 1.82) is 0 Å². The zero-order chi connectivity index (χ0) is 13.3. The van der Waals surface area contributed by atoms with Gasteiger partial charge in [0.1, 0.15) is 0 Å². The highest BCUT2D eigenvalue weighted by Gasteiger charge is 2.70. The van der Waals surface area contributed by atoms with Crippen molar-refractivity contribution in [3.8, 4) is 0 Å². The molecule has 3 aliphatic carbocycles. The Bertz CT molecular complexity index is 414. The van der Waals surface area contributed by atoms with Crippen molar-refractivity contribution >= 4 is 0 Å². The van der Waals surface area contributed by atoms with E-state index in [0.717, 1.165) is 18.4 Å². The summed E-state index contributed by atoms with van der Waals surface area (Å²) in [5.74, 6) is 0.721. The number of aliphatic hydroxyl groups excluding tert-OH is 2. The summed E-state index contributed by atoms with van der Waals surface area (Å²) in [6, 6.07) is 0. The molecule has 2 fully saturated rings. The summed E-state index contributed by atoms with van der Waals surface area (Å²) in [6.07, 6.45) is 4.15. The molecule has 2 saturated carbocycles. The first kappa shape index (κ1) is 12.6. The fraction of sp³-hybridized carbons (Fsp3) is 0.867. The lowest BCUT2D eigenvalue weighted by atomic mass is 9.44. The van der Waals surface area contributed by atoms with Crippen molar-refractivity contribution < 1.29 is 15.3 Å². The normalized spacial score (nSPS) is 53.2. The molecule has 0 spiro atoms. The number of rotatable bonds is 1. The summed E-state index contributed by atoms with van der Waals surface area (Å²) in [5, 5.41) is 30.6. The highest BCUT2D eigenvalue weighted by atomic mass is 16.3. The van der Waals surface area contributed by atoms with Gasteiger partial charge in [0.15, 0.2) is 0 Å². The van der Waals surface area contributed by atoms with Crippen LogP contribution in [0.1, 0.15) is 40.0 Å². The van der Waals surface area contributed by atoms with Gasteiger partial charge in [0, 0.05) is 11.8 Å². The third-order valence-electron chi connectivity index (χ3n) is 6.04. The van der Waals surface area contributed by atoms with Gasteiger partial charge in [-0.25, -0.2) is 0 Å². The molecule has 18 heavy (non-hydrogen) atoms. The Labute approximate surface area is 109 Å². The van der Waals surface area contributed by atoms with Crippen LogP contribution in [0, 0.1) is 22.7 Å². The second-order valence-electron chi connectivity index (χ2n) is 7.56. The minimum absolute atomic E-state index is 0.0948. The molecular formula is C15H24O3. The van der Waals surface area contributed by atoms with Crippen LogP contribution in [0.3, 0.4) is 0 Å². The highest BCUT2D eigenvalue weighted by Crippen LogP contribution is 2.67. The van der Waals surface area contributed by atoms with E-state index < -0.39 is 17.1 Å². The van der Waals surface area contributed by atoms with Crippen LogP contribution in [0.15, 0.2) is 11.6 Å². The first-order valence-electron chi connectivity index (χ1n) is 6.97. The average Bonchev–Trinajstić information content (AvgIpc) is 2.59. The maximum absolute atomic E-state index is 10.8. The number of hydrogen-bond acceptors (Lipinski definition) is 3. The van der Waals surface area contributed by atoms with Crippen LogP contribution in [-0.4, -0.2) is 33.6 Å². The molecule has 3 nitrogen and oxygen atoms in total. The van der Waals surface area contributed by atoms with Crippen molar-refractivity contribution in [3.05, 3.63) is 11.6 Å². The summed E-state index contributed by atoms with van der Waals surface area (Å²) in [4.78, 5) is 0. The molecule has 0 aliphatic heterocycles. The summed E-state index contributed by atoms with van der Waals surface area (Å²) in [6.45, 7) is 6.42. The number of aliphatic hydroxyl groups is 3. The van der Waals surface area contributed by atoms with Crippen molar-refractivity contribution in [1.82, 2.24) is 0 Å². The summed E-state index contributed by atoms with van der Waals surface area (Å²) in [7, 11) is 0. The SMILES string of the molecule is CC1(C)C[C@H]2C=C(CO)[C@]3(O)CC(O)[C@]3(C)[C@H]2C1. The molecule has 102 valence electrons. The fourth-order valence-corrected chi connectivity index (χ4v) is 4.91.